The lowest BCUT2D eigenvalue weighted by molar-refractivity contribution is -0.137. The largest absolute Gasteiger partial charge is 0.416 e. The summed E-state index contributed by atoms with van der Waals surface area (Å²) >= 11 is 3.06. The first-order valence-electron chi connectivity index (χ1n) is 5.43. The molecule has 106 valence electrons. The third-order valence-electron chi connectivity index (χ3n) is 2.77. The Balaban J connectivity index is 3.16. The maximum atomic E-state index is 12.6. The minimum atomic E-state index is -4.50. The average Bonchev–Trinajstić information content (AvgIpc) is 2.35. The van der Waals surface area contributed by atoms with Crippen LogP contribution in [-0.2, 0) is 6.18 Å². The number of carbonyl (C=O) groups excluding carboxylic acids is 1. The lowest BCUT2D eigenvalue weighted by Crippen LogP contribution is -2.37. The van der Waals surface area contributed by atoms with Crippen molar-refractivity contribution in [3.8, 4) is 0 Å². The number of hydrogen-bond acceptors (Lipinski definition) is 2. The maximum Gasteiger partial charge on any atom is 0.416 e. The molecule has 1 amide bonds. The van der Waals surface area contributed by atoms with Crippen LogP contribution < -0.4 is 0 Å². The quantitative estimate of drug-likeness (QED) is 0.919. The van der Waals surface area contributed by atoms with Crippen molar-refractivity contribution < 1.29 is 23.1 Å². The van der Waals surface area contributed by atoms with Gasteiger partial charge in [-0.25, -0.2) is 0 Å². The number of halogens is 4. The summed E-state index contributed by atoms with van der Waals surface area (Å²) in [4.78, 5) is 13.3. The van der Waals surface area contributed by atoms with Crippen LogP contribution in [0, 0.1) is 0 Å². The fraction of sp³-hybridized carbons (Fsp3) is 0.417. The number of hydrogen-bond donors (Lipinski definition) is 1. The van der Waals surface area contributed by atoms with Crippen molar-refractivity contribution in [1.82, 2.24) is 4.90 Å². The van der Waals surface area contributed by atoms with Crippen molar-refractivity contribution in [3.63, 3.8) is 0 Å². The summed E-state index contributed by atoms with van der Waals surface area (Å²) in [5.74, 6) is -0.584. The van der Waals surface area contributed by atoms with Crippen LogP contribution in [0.3, 0.4) is 0 Å². The minimum absolute atomic E-state index is 0.0855. The zero-order valence-electron chi connectivity index (χ0n) is 10.3. The number of likely N-dealkylation sites (N-methyl/N-ethyl adjacent to an activating group) is 1. The van der Waals surface area contributed by atoms with Crippen LogP contribution in [0.4, 0.5) is 13.2 Å². The van der Waals surface area contributed by atoms with Gasteiger partial charge < -0.3 is 10.0 Å². The fourth-order valence-electron chi connectivity index (χ4n) is 1.38. The van der Waals surface area contributed by atoms with Gasteiger partial charge >= 0.3 is 6.18 Å². The summed E-state index contributed by atoms with van der Waals surface area (Å²) < 4.78 is 38.1. The predicted octanol–water partition coefficient (Wildman–Crippen LogP) is 2.92. The Bertz CT molecular complexity index is 477. The summed E-state index contributed by atoms with van der Waals surface area (Å²) in [7, 11) is 1.43. The van der Waals surface area contributed by atoms with Crippen molar-refractivity contribution in [3.05, 3.63) is 33.8 Å². The van der Waals surface area contributed by atoms with E-state index >= 15 is 0 Å². The number of benzene rings is 1. The van der Waals surface area contributed by atoms with Crippen molar-refractivity contribution in [2.75, 3.05) is 13.7 Å². The van der Waals surface area contributed by atoms with Gasteiger partial charge in [-0.3, -0.25) is 4.79 Å². The highest BCUT2D eigenvalue weighted by atomic mass is 79.9. The number of alkyl halides is 3. The smallest absolute Gasteiger partial charge is 0.394 e. The van der Waals surface area contributed by atoms with E-state index in [-0.39, 0.29) is 16.6 Å². The molecule has 1 unspecified atom stereocenters. The van der Waals surface area contributed by atoms with E-state index in [2.05, 4.69) is 15.9 Å². The molecule has 0 heterocycles. The monoisotopic (exact) mass is 339 g/mol. The Labute approximate surface area is 117 Å². The molecule has 0 fully saturated rings. The van der Waals surface area contributed by atoms with Crippen LogP contribution in [0.25, 0.3) is 0 Å². The van der Waals surface area contributed by atoms with E-state index in [1.54, 1.807) is 6.92 Å². The van der Waals surface area contributed by atoms with Gasteiger partial charge in [-0.15, -0.1) is 0 Å². The second-order valence-electron chi connectivity index (χ2n) is 4.14. The summed E-state index contributed by atoms with van der Waals surface area (Å²) in [5, 5.41) is 8.97. The normalized spacial score (nSPS) is 13.2. The SMILES string of the molecule is CC(CO)N(C)C(=O)c1cc(C(F)(F)F)ccc1Br. The molecule has 0 aliphatic rings. The number of amides is 1. The molecule has 1 aromatic rings. The maximum absolute atomic E-state index is 12.6. The van der Waals surface area contributed by atoms with Gasteiger partial charge in [0.15, 0.2) is 0 Å². The second-order valence-corrected chi connectivity index (χ2v) is 4.99. The van der Waals surface area contributed by atoms with Gasteiger partial charge in [0.2, 0.25) is 0 Å². The molecule has 0 aliphatic carbocycles. The van der Waals surface area contributed by atoms with Crippen LogP contribution >= 0.6 is 15.9 Å². The molecule has 19 heavy (non-hydrogen) atoms. The molecule has 3 nitrogen and oxygen atoms in total. The Hall–Kier alpha value is -1.08. The summed E-state index contributed by atoms with van der Waals surface area (Å²) in [6, 6.07) is 2.41. The first-order valence-corrected chi connectivity index (χ1v) is 6.22. The van der Waals surface area contributed by atoms with E-state index in [1.807, 2.05) is 0 Å². The van der Waals surface area contributed by atoms with E-state index in [1.165, 1.54) is 18.0 Å². The molecule has 1 aromatic carbocycles. The van der Waals surface area contributed by atoms with Crippen LogP contribution in [-0.4, -0.2) is 35.6 Å². The molecule has 1 N–H and O–H groups in total. The molecule has 0 spiro atoms. The standard InChI is InChI=1S/C12H13BrF3NO2/c1-7(6-18)17(2)11(19)9-5-8(12(14,15)16)3-4-10(9)13/h3-5,7,18H,6H2,1-2H3. The van der Waals surface area contributed by atoms with Gasteiger partial charge in [0, 0.05) is 11.5 Å². The van der Waals surface area contributed by atoms with Crippen molar-refractivity contribution in [1.29, 1.82) is 0 Å². The van der Waals surface area contributed by atoms with Crippen molar-refractivity contribution >= 4 is 21.8 Å². The Morgan fingerprint density at radius 1 is 1.47 bits per heavy atom. The molecule has 0 radical (unpaired) electrons. The molecule has 1 atom stereocenters. The lowest BCUT2D eigenvalue weighted by Gasteiger charge is -2.24. The number of aliphatic hydroxyl groups excluding tert-OH is 1. The van der Waals surface area contributed by atoms with Gasteiger partial charge in [0.1, 0.15) is 0 Å². The summed E-state index contributed by atoms with van der Waals surface area (Å²) in [6.45, 7) is 1.33. The second kappa shape index (κ2) is 5.92. The topological polar surface area (TPSA) is 40.5 Å². The van der Waals surface area contributed by atoms with Gasteiger partial charge in [0.05, 0.1) is 23.8 Å². The molecule has 0 aliphatic heterocycles. The van der Waals surface area contributed by atoms with Crippen LogP contribution in [0.5, 0.6) is 0 Å². The molecule has 0 saturated carbocycles. The summed E-state index contributed by atoms with van der Waals surface area (Å²) in [6.07, 6.45) is -4.50. The van der Waals surface area contributed by atoms with E-state index in [0.717, 1.165) is 12.1 Å². The zero-order chi connectivity index (χ0) is 14.8. The van der Waals surface area contributed by atoms with Crippen LogP contribution in [0.15, 0.2) is 22.7 Å². The molecule has 0 bridgehead atoms. The lowest BCUT2D eigenvalue weighted by atomic mass is 10.1. The van der Waals surface area contributed by atoms with Gasteiger partial charge in [-0.05, 0) is 41.1 Å². The van der Waals surface area contributed by atoms with Gasteiger partial charge in [0.25, 0.3) is 5.91 Å². The van der Waals surface area contributed by atoms with E-state index in [4.69, 9.17) is 5.11 Å². The Morgan fingerprint density at radius 2 is 2.05 bits per heavy atom. The average molecular weight is 340 g/mol. The molecular formula is C12H13BrF3NO2. The molecule has 1 rings (SSSR count). The summed E-state index contributed by atoms with van der Waals surface area (Å²) in [5.41, 5.74) is -0.971. The minimum Gasteiger partial charge on any atom is -0.394 e. The highest BCUT2D eigenvalue weighted by molar-refractivity contribution is 9.10. The third-order valence-corrected chi connectivity index (χ3v) is 3.46. The fourth-order valence-corrected chi connectivity index (χ4v) is 1.79. The zero-order valence-corrected chi connectivity index (χ0v) is 11.9. The van der Waals surface area contributed by atoms with Crippen LogP contribution in [0.1, 0.15) is 22.8 Å². The van der Waals surface area contributed by atoms with Crippen molar-refractivity contribution in [2.45, 2.75) is 19.1 Å². The van der Waals surface area contributed by atoms with E-state index in [9.17, 15) is 18.0 Å². The van der Waals surface area contributed by atoms with E-state index in [0.29, 0.717) is 0 Å². The van der Waals surface area contributed by atoms with Crippen LogP contribution in [0.2, 0.25) is 0 Å². The third kappa shape index (κ3) is 3.70. The number of carbonyl (C=O) groups is 1. The molecule has 0 saturated heterocycles. The molecule has 7 heteroatoms. The first kappa shape index (κ1) is 16.0. The Morgan fingerprint density at radius 3 is 2.53 bits per heavy atom. The van der Waals surface area contributed by atoms with Gasteiger partial charge in [-0.1, -0.05) is 0 Å². The molecule has 0 aromatic heterocycles. The predicted molar refractivity (Wildman–Crippen MR) is 67.8 cm³/mol. The number of nitrogens with zero attached hydrogens (tertiary/aromatic N) is 1. The van der Waals surface area contributed by atoms with E-state index < -0.39 is 23.7 Å². The first-order chi connectivity index (χ1) is 8.68. The van der Waals surface area contributed by atoms with Crippen molar-refractivity contribution in [2.24, 2.45) is 0 Å². The van der Waals surface area contributed by atoms with Gasteiger partial charge in [-0.2, -0.15) is 13.2 Å². The highest BCUT2D eigenvalue weighted by Crippen LogP contribution is 2.32. The molecular weight excluding hydrogens is 327 g/mol. The Kier molecular flexibility index (Phi) is 4.98. The highest BCUT2D eigenvalue weighted by Gasteiger charge is 2.32. The number of aliphatic hydroxyl groups is 1. The number of rotatable bonds is 3.